The Morgan fingerprint density at radius 2 is 1.91 bits per heavy atom. The van der Waals surface area contributed by atoms with Crippen molar-refractivity contribution in [2.75, 3.05) is 11.9 Å². The van der Waals surface area contributed by atoms with Gasteiger partial charge in [0, 0.05) is 18.5 Å². The SMILES string of the molecule is CC(=O)Nc1ccccc1OCC(=O)NCc1cccc(Cl)c1. The summed E-state index contributed by atoms with van der Waals surface area (Å²) in [7, 11) is 0. The molecule has 0 bridgehead atoms. The van der Waals surface area contributed by atoms with E-state index in [-0.39, 0.29) is 18.4 Å². The largest absolute Gasteiger partial charge is 0.482 e. The number of halogens is 1. The monoisotopic (exact) mass is 332 g/mol. The average molecular weight is 333 g/mol. The highest BCUT2D eigenvalue weighted by Crippen LogP contribution is 2.23. The van der Waals surface area contributed by atoms with Crippen molar-refractivity contribution in [2.24, 2.45) is 0 Å². The molecule has 0 aromatic heterocycles. The molecule has 23 heavy (non-hydrogen) atoms. The van der Waals surface area contributed by atoms with Crippen LogP contribution >= 0.6 is 11.6 Å². The second kappa shape index (κ2) is 8.19. The zero-order chi connectivity index (χ0) is 16.7. The number of nitrogens with one attached hydrogen (secondary N) is 2. The molecule has 2 rings (SSSR count). The summed E-state index contributed by atoms with van der Waals surface area (Å²) in [5.74, 6) is -0.0188. The predicted molar refractivity (Wildman–Crippen MR) is 89.5 cm³/mol. The number of rotatable bonds is 6. The fourth-order valence-corrected chi connectivity index (χ4v) is 2.14. The summed E-state index contributed by atoms with van der Waals surface area (Å²) in [4.78, 5) is 23.0. The van der Waals surface area contributed by atoms with E-state index < -0.39 is 0 Å². The Kier molecular flexibility index (Phi) is 6.00. The van der Waals surface area contributed by atoms with E-state index in [1.165, 1.54) is 6.92 Å². The van der Waals surface area contributed by atoms with Gasteiger partial charge in [-0.3, -0.25) is 9.59 Å². The summed E-state index contributed by atoms with van der Waals surface area (Å²) in [6, 6.07) is 14.2. The van der Waals surface area contributed by atoms with E-state index in [1.54, 1.807) is 36.4 Å². The molecule has 0 unspecified atom stereocenters. The Bertz CT molecular complexity index is 704. The minimum absolute atomic E-state index is 0.142. The molecule has 2 amide bonds. The van der Waals surface area contributed by atoms with Gasteiger partial charge in [-0.25, -0.2) is 0 Å². The third kappa shape index (κ3) is 5.64. The molecule has 120 valence electrons. The normalized spacial score (nSPS) is 10.0. The molecule has 2 aromatic rings. The lowest BCUT2D eigenvalue weighted by molar-refractivity contribution is -0.123. The molecule has 2 N–H and O–H groups in total. The second-order valence-electron chi connectivity index (χ2n) is 4.87. The summed E-state index contributed by atoms with van der Waals surface area (Å²) in [6.07, 6.45) is 0. The van der Waals surface area contributed by atoms with Gasteiger partial charge in [-0.2, -0.15) is 0 Å². The standard InChI is InChI=1S/C17H17ClN2O3/c1-12(21)20-15-7-2-3-8-16(15)23-11-17(22)19-10-13-5-4-6-14(18)9-13/h2-9H,10-11H2,1H3,(H,19,22)(H,20,21). The Morgan fingerprint density at radius 3 is 2.65 bits per heavy atom. The summed E-state index contributed by atoms with van der Waals surface area (Å²) in [5.41, 5.74) is 1.44. The number of hydrogen-bond acceptors (Lipinski definition) is 3. The number of carbonyl (C=O) groups is 2. The van der Waals surface area contributed by atoms with Crippen LogP contribution in [0, 0.1) is 0 Å². The molecular weight excluding hydrogens is 316 g/mol. The Labute approximate surface area is 139 Å². The van der Waals surface area contributed by atoms with Crippen LogP contribution in [-0.4, -0.2) is 18.4 Å². The predicted octanol–water partition coefficient (Wildman–Crippen LogP) is 2.99. The quantitative estimate of drug-likeness (QED) is 0.854. The van der Waals surface area contributed by atoms with Crippen molar-refractivity contribution in [3.8, 4) is 5.75 Å². The van der Waals surface area contributed by atoms with E-state index in [9.17, 15) is 9.59 Å². The van der Waals surface area contributed by atoms with E-state index in [1.807, 2.05) is 12.1 Å². The maximum Gasteiger partial charge on any atom is 0.258 e. The molecule has 0 radical (unpaired) electrons. The van der Waals surface area contributed by atoms with Crippen molar-refractivity contribution in [1.82, 2.24) is 5.32 Å². The molecular formula is C17H17ClN2O3. The molecule has 6 heteroatoms. The van der Waals surface area contributed by atoms with E-state index in [2.05, 4.69) is 10.6 Å². The highest BCUT2D eigenvalue weighted by atomic mass is 35.5. The van der Waals surface area contributed by atoms with Gasteiger partial charge in [0.05, 0.1) is 5.69 Å². The molecule has 0 fully saturated rings. The maximum absolute atomic E-state index is 11.9. The van der Waals surface area contributed by atoms with Crippen LogP contribution in [0.3, 0.4) is 0 Å². The van der Waals surface area contributed by atoms with Gasteiger partial charge in [-0.15, -0.1) is 0 Å². The van der Waals surface area contributed by atoms with Crippen molar-refractivity contribution in [2.45, 2.75) is 13.5 Å². The van der Waals surface area contributed by atoms with E-state index in [0.29, 0.717) is 23.0 Å². The molecule has 5 nitrogen and oxygen atoms in total. The number of carbonyl (C=O) groups excluding carboxylic acids is 2. The molecule has 0 saturated carbocycles. The first-order valence-electron chi connectivity index (χ1n) is 7.05. The second-order valence-corrected chi connectivity index (χ2v) is 5.31. The number of ether oxygens (including phenoxy) is 1. The number of hydrogen-bond donors (Lipinski definition) is 2. The highest BCUT2D eigenvalue weighted by Gasteiger charge is 2.07. The number of anilines is 1. The Morgan fingerprint density at radius 1 is 1.13 bits per heavy atom. The van der Waals surface area contributed by atoms with E-state index >= 15 is 0 Å². The third-order valence-electron chi connectivity index (χ3n) is 2.94. The lowest BCUT2D eigenvalue weighted by atomic mass is 10.2. The van der Waals surface area contributed by atoms with Crippen molar-refractivity contribution in [3.63, 3.8) is 0 Å². The van der Waals surface area contributed by atoms with Crippen molar-refractivity contribution in [1.29, 1.82) is 0 Å². The first-order valence-corrected chi connectivity index (χ1v) is 7.43. The van der Waals surface area contributed by atoms with Gasteiger partial charge in [0.1, 0.15) is 5.75 Å². The smallest absolute Gasteiger partial charge is 0.258 e. The highest BCUT2D eigenvalue weighted by molar-refractivity contribution is 6.30. The van der Waals surface area contributed by atoms with Gasteiger partial charge < -0.3 is 15.4 Å². The third-order valence-corrected chi connectivity index (χ3v) is 3.17. The van der Waals surface area contributed by atoms with Gasteiger partial charge >= 0.3 is 0 Å². The Balaban J connectivity index is 1.86. The van der Waals surface area contributed by atoms with E-state index in [4.69, 9.17) is 16.3 Å². The number of benzene rings is 2. The summed E-state index contributed by atoms with van der Waals surface area (Å²) in [6.45, 7) is 1.64. The fraction of sp³-hybridized carbons (Fsp3) is 0.176. The molecule has 0 atom stereocenters. The van der Waals surface area contributed by atoms with Gasteiger partial charge in [0.2, 0.25) is 5.91 Å². The zero-order valence-corrected chi connectivity index (χ0v) is 13.4. The van der Waals surface area contributed by atoms with Gasteiger partial charge in [-0.05, 0) is 29.8 Å². The summed E-state index contributed by atoms with van der Waals surface area (Å²) < 4.78 is 5.46. The van der Waals surface area contributed by atoms with Gasteiger partial charge in [-0.1, -0.05) is 35.9 Å². The molecule has 0 heterocycles. The number of amides is 2. The minimum Gasteiger partial charge on any atom is -0.482 e. The first-order chi connectivity index (χ1) is 11.0. The molecule has 0 saturated heterocycles. The zero-order valence-electron chi connectivity index (χ0n) is 12.6. The molecule has 0 aliphatic rings. The van der Waals surface area contributed by atoms with Crippen LogP contribution in [0.1, 0.15) is 12.5 Å². The number of para-hydroxylation sites is 2. The van der Waals surface area contributed by atoms with Crippen LogP contribution in [0.2, 0.25) is 5.02 Å². The van der Waals surface area contributed by atoms with Crippen LogP contribution in [0.4, 0.5) is 5.69 Å². The molecule has 2 aromatic carbocycles. The van der Waals surface area contributed by atoms with Gasteiger partial charge in [0.25, 0.3) is 5.91 Å². The lowest BCUT2D eigenvalue weighted by Crippen LogP contribution is -2.28. The lowest BCUT2D eigenvalue weighted by Gasteiger charge is -2.11. The molecule has 0 spiro atoms. The Hall–Kier alpha value is -2.53. The first kappa shape index (κ1) is 16.8. The van der Waals surface area contributed by atoms with Gasteiger partial charge in [0.15, 0.2) is 6.61 Å². The van der Waals surface area contributed by atoms with Crippen LogP contribution in [0.15, 0.2) is 48.5 Å². The topological polar surface area (TPSA) is 67.4 Å². The van der Waals surface area contributed by atoms with Crippen LogP contribution < -0.4 is 15.4 Å². The van der Waals surface area contributed by atoms with Crippen molar-refractivity contribution in [3.05, 3.63) is 59.1 Å². The molecule has 0 aliphatic carbocycles. The van der Waals surface area contributed by atoms with Crippen LogP contribution in [0.5, 0.6) is 5.75 Å². The molecule has 0 aliphatic heterocycles. The van der Waals surface area contributed by atoms with Crippen molar-refractivity contribution >= 4 is 29.1 Å². The van der Waals surface area contributed by atoms with Crippen LogP contribution in [-0.2, 0) is 16.1 Å². The summed E-state index contributed by atoms with van der Waals surface area (Å²) in [5, 5.41) is 6.02. The maximum atomic E-state index is 11.9. The fourth-order valence-electron chi connectivity index (χ4n) is 1.93. The average Bonchev–Trinajstić information content (AvgIpc) is 2.51. The minimum atomic E-state index is -0.261. The van der Waals surface area contributed by atoms with Crippen LogP contribution in [0.25, 0.3) is 0 Å². The van der Waals surface area contributed by atoms with E-state index in [0.717, 1.165) is 5.56 Å². The summed E-state index contributed by atoms with van der Waals surface area (Å²) >= 11 is 5.89. The van der Waals surface area contributed by atoms with Crippen molar-refractivity contribution < 1.29 is 14.3 Å².